The summed E-state index contributed by atoms with van der Waals surface area (Å²) in [5.74, 6) is -0.269. The molecule has 0 saturated carbocycles. The van der Waals surface area contributed by atoms with Crippen LogP contribution in [0.15, 0.2) is 36.4 Å². The molecule has 0 aliphatic heterocycles. The largest absolute Gasteiger partial charge is 0.396 e. The molecule has 0 spiro atoms. The third kappa shape index (κ3) is 5.73. The van der Waals surface area contributed by atoms with Gasteiger partial charge >= 0.3 is 0 Å². The smallest absolute Gasteiger partial charge is 0.196 e. The number of nitrogens with one attached hydrogen (secondary N) is 3. The number of hydrogen-bond acceptors (Lipinski definition) is 7. The van der Waals surface area contributed by atoms with Crippen LogP contribution in [-0.4, -0.2) is 61.2 Å². The highest BCUT2D eigenvalue weighted by Crippen LogP contribution is 2.36. The maximum atomic E-state index is 13.4. The number of rotatable bonds is 14. The van der Waals surface area contributed by atoms with Crippen LogP contribution in [-0.2, 0) is 0 Å². The predicted molar refractivity (Wildman–Crippen MR) is 127 cm³/mol. The average Bonchev–Trinajstić information content (AvgIpc) is 2.82. The van der Waals surface area contributed by atoms with Crippen LogP contribution < -0.4 is 16.0 Å². The number of ketones is 2. The first-order chi connectivity index (χ1) is 15.7. The van der Waals surface area contributed by atoms with E-state index in [0.717, 1.165) is 38.6 Å². The zero-order valence-electron chi connectivity index (χ0n) is 18.5. The van der Waals surface area contributed by atoms with Crippen LogP contribution in [0.5, 0.6) is 0 Å². The topological polar surface area (TPSA) is 111 Å². The number of fused-ring (bicyclic) bond motifs is 2. The summed E-state index contributed by atoms with van der Waals surface area (Å²) >= 11 is 0. The molecule has 0 unspecified atom stereocenters. The summed E-state index contributed by atoms with van der Waals surface area (Å²) in [6, 6.07) is 10.7. The Balaban J connectivity index is 1.79. The molecule has 0 fully saturated rings. The quantitative estimate of drug-likeness (QED) is 0.246. The number of benzene rings is 2. The molecule has 172 valence electrons. The molecule has 0 aromatic heterocycles. The number of anilines is 2. The van der Waals surface area contributed by atoms with Crippen molar-refractivity contribution >= 4 is 22.9 Å². The molecule has 0 radical (unpaired) electrons. The van der Waals surface area contributed by atoms with Gasteiger partial charge in [-0.3, -0.25) is 9.59 Å². The number of aliphatic hydroxyl groups is 2. The van der Waals surface area contributed by atoms with E-state index in [1.165, 1.54) is 0 Å². The van der Waals surface area contributed by atoms with Crippen molar-refractivity contribution in [3.05, 3.63) is 58.7 Å². The van der Waals surface area contributed by atoms with Gasteiger partial charge in [0.1, 0.15) is 0 Å². The molecule has 5 N–H and O–H groups in total. The first kappa shape index (κ1) is 23.9. The van der Waals surface area contributed by atoms with E-state index < -0.39 is 0 Å². The van der Waals surface area contributed by atoms with Crippen LogP contribution >= 0.6 is 0 Å². The molecule has 7 nitrogen and oxygen atoms in total. The molecule has 1 aliphatic rings. The number of carbonyl (C=O) groups excluding carboxylic acids is 2. The van der Waals surface area contributed by atoms with Crippen LogP contribution in [0.1, 0.15) is 63.9 Å². The summed E-state index contributed by atoms with van der Waals surface area (Å²) in [7, 11) is 0. The summed E-state index contributed by atoms with van der Waals surface area (Å²) in [5.41, 5.74) is 3.11. The Kier molecular flexibility index (Phi) is 9.22. The number of aliphatic hydroxyl groups excluding tert-OH is 2. The minimum absolute atomic E-state index is 0.104. The molecule has 1 aliphatic carbocycles. The van der Waals surface area contributed by atoms with Gasteiger partial charge in [0.15, 0.2) is 11.6 Å². The lowest BCUT2D eigenvalue weighted by atomic mass is 9.82. The summed E-state index contributed by atoms with van der Waals surface area (Å²) in [6.45, 7) is 2.96. The molecule has 7 heteroatoms. The van der Waals surface area contributed by atoms with Crippen LogP contribution in [0.25, 0.3) is 0 Å². The lowest BCUT2D eigenvalue weighted by Gasteiger charge is -2.24. The highest BCUT2D eigenvalue weighted by molar-refractivity contribution is 6.31. The molecular weight excluding hydrogens is 406 g/mol. The van der Waals surface area contributed by atoms with Crippen LogP contribution in [0.4, 0.5) is 11.4 Å². The van der Waals surface area contributed by atoms with Crippen molar-refractivity contribution in [1.82, 2.24) is 5.32 Å². The highest BCUT2D eigenvalue weighted by Gasteiger charge is 2.33. The minimum atomic E-state index is -0.136. The fourth-order valence-electron chi connectivity index (χ4n) is 3.97. The van der Waals surface area contributed by atoms with Gasteiger partial charge in [-0.05, 0) is 37.9 Å². The van der Waals surface area contributed by atoms with Crippen molar-refractivity contribution in [2.24, 2.45) is 0 Å². The van der Waals surface area contributed by atoms with E-state index in [1.54, 1.807) is 24.3 Å². The van der Waals surface area contributed by atoms with Crippen molar-refractivity contribution < 1.29 is 19.8 Å². The normalized spacial score (nSPS) is 12.4. The monoisotopic (exact) mass is 439 g/mol. The molecule has 2 aromatic rings. The molecule has 32 heavy (non-hydrogen) atoms. The number of hydrogen-bond donors (Lipinski definition) is 5. The molecule has 0 bridgehead atoms. The van der Waals surface area contributed by atoms with E-state index in [0.29, 0.717) is 53.3 Å². The van der Waals surface area contributed by atoms with E-state index in [9.17, 15) is 9.59 Å². The summed E-state index contributed by atoms with van der Waals surface area (Å²) in [6.07, 6.45) is 4.51. The second-order valence-electron chi connectivity index (χ2n) is 7.93. The fraction of sp³-hybridized carbons (Fsp3) is 0.440. The first-order valence-corrected chi connectivity index (χ1v) is 11.4. The van der Waals surface area contributed by atoms with E-state index in [2.05, 4.69) is 16.0 Å². The predicted octanol–water partition coefficient (Wildman–Crippen LogP) is 2.81. The molecule has 3 rings (SSSR count). The van der Waals surface area contributed by atoms with Gasteiger partial charge in [-0.2, -0.15) is 0 Å². The Hall–Kier alpha value is -2.74. The summed E-state index contributed by atoms with van der Waals surface area (Å²) < 4.78 is 0. The summed E-state index contributed by atoms with van der Waals surface area (Å²) in [4.78, 5) is 26.7. The maximum absolute atomic E-state index is 13.4. The maximum Gasteiger partial charge on any atom is 0.196 e. The van der Waals surface area contributed by atoms with Crippen molar-refractivity contribution in [1.29, 1.82) is 0 Å². The zero-order chi connectivity index (χ0) is 22.8. The Labute approximate surface area is 189 Å². The van der Waals surface area contributed by atoms with Gasteiger partial charge in [0, 0.05) is 48.7 Å². The van der Waals surface area contributed by atoms with Gasteiger partial charge in [0.25, 0.3) is 0 Å². The van der Waals surface area contributed by atoms with Crippen molar-refractivity contribution in [2.75, 3.05) is 50.0 Å². The van der Waals surface area contributed by atoms with Gasteiger partial charge in [-0.1, -0.05) is 37.1 Å². The summed E-state index contributed by atoms with van der Waals surface area (Å²) in [5, 5.41) is 27.6. The van der Waals surface area contributed by atoms with Gasteiger partial charge in [-0.15, -0.1) is 0 Å². The van der Waals surface area contributed by atoms with Crippen LogP contribution in [0, 0.1) is 0 Å². The Bertz CT molecular complexity index is 855. The molecule has 0 saturated heterocycles. The van der Waals surface area contributed by atoms with E-state index in [4.69, 9.17) is 10.2 Å². The number of carbonyl (C=O) groups is 2. The van der Waals surface area contributed by atoms with E-state index in [1.807, 2.05) is 12.1 Å². The minimum Gasteiger partial charge on any atom is -0.396 e. The Morgan fingerprint density at radius 2 is 1.16 bits per heavy atom. The molecular formula is C25H33N3O4. The fourth-order valence-corrected chi connectivity index (χ4v) is 3.97. The lowest BCUT2D eigenvalue weighted by molar-refractivity contribution is 0.0980. The van der Waals surface area contributed by atoms with Crippen molar-refractivity contribution in [3.8, 4) is 0 Å². The highest BCUT2D eigenvalue weighted by atomic mass is 16.3. The van der Waals surface area contributed by atoms with Crippen LogP contribution in [0.2, 0.25) is 0 Å². The van der Waals surface area contributed by atoms with Gasteiger partial charge in [0.05, 0.1) is 17.7 Å². The standard InChI is InChI=1S/C25H33N3O4/c29-16-6-2-1-5-13-27-20-10-11-21(28-14-7-12-26-15-17-30)23-22(20)24(31)18-8-3-4-9-19(18)25(23)32/h3-4,8-11,26-30H,1-2,5-7,12-17H2. The number of unbranched alkanes of at least 4 members (excludes halogenated alkanes) is 3. The molecule has 0 amide bonds. The first-order valence-electron chi connectivity index (χ1n) is 11.4. The van der Waals surface area contributed by atoms with E-state index in [-0.39, 0.29) is 24.8 Å². The molecule has 2 aromatic carbocycles. The third-order valence-corrected chi connectivity index (χ3v) is 5.61. The van der Waals surface area contributed by atoms with Crippen LogP contribution in [0.3, 0.4) is 0 Å². The van der Waals surface area contributed by atoms with Gasteiger partial charge in [-0.25, -0.2) is 0 Å². The average molecular weight is 440 g/mol. The van der Waals surface area contributed by atoms with Gasteiger partial charge < -0.3 is 26.2 Å². The van der Waals surface area contributed by atoms with Crippen molar-refractivity contribution in [2.45, 2.75) is 32.1 Å². The third-order valence-electron chi connectivity index (χ3n) is 5.61. The zero-order valence-corrected chi connectivity index (χ0v) is 18.5. The van der Waals surface area contributed by atoms with Crippen molar-refractivity contribution in [3.63, 3.8) is 0 Å². The second-order valence-corrected chi connectivity index (χ2v) is 7.93. The lowest BCUT2D eigenvalue weighted by Crippen LogP contribution is -2.25. The second kappa shape index (κ2) is 12.3. The van der Waals surface area contributed by atoms with Gasteiger partial charge in [0.2, 0.25) is 0 Å². The Morgan fingerprint density at radius 1 is 0.594 bits per heavy atom. The molecule has 0 atom stereocenters. The Morgan fingerprint density at radius 3 is 1.72 bits per heavy atom. The SMILES string of the molecule is O=C1c2ccccc2C(=O)c2c(NCCCNCCO)ccc(NCCCCCCO)c21. The van der Waals surface area contributed by atoms with E-state index >= 15 is 0 Å². The molecule has 0 heterocycles.